The van der Waals surface area contributed by atoms with E-state index in [1.165, 1.54) is 24.3 Å². The van der Waals surface area contributed by atoms with Crippen LogP contribution in [-0.2, 0) is 15.2 Å². The minimum Gasteiger partial charge on any atom is -0.477 e. The fourth-order valence-corrected chi connectivity index (χ4v) is 4.91. The number of rotatable bonds is 9. The molecule has 0 saturated carbocycles. The number of thiophene rings is 1. The van der Waals surface area contributed by atoms with E-state index in [0.717, 1.165) is 11.3 Å². The van der Waals surface area contributed by atoms with Crippen LogP contribution >= 0.6 is 19.6 Å². The van der Waals surface area contributed by atoms with Crippen molar-refractivity contribution in [1.82, 2.24) is 5.09 Å². The van der Waals surface area contributed by atoms with E-state index < -0.39 is 32.4 Å². The molecule has 3 aromatic rings. The number of esters is 1. The maximum absolute atomic E-state index is 15.5. The standard InChI is InChI=1S/C21H20F2NO5PS/c1-13(2)28-19(25)12-24-30(29-16-6-4-3-5-7-16)21(22,23)15-8-9-17-14(10-15)11-18(31-17)20(26)27/h3-11,13,24H,12H2,1-2H3,(H,26,27). The van der Waals surface area contributed by atoms with Gasteiger partial charge in [0.1, 0.15) is 17.2 Å². The third-order valence-electron chi connectivity index (χ3n) is 4.00. The van der Waals surface area contributed by atoms with Crippen LogP contribution in [0.5, 0.6) is 5.75 Å². The number of nitrogens with one attached hydrogen (secondary N) is 1. The van der Waals surface area contributed by atoms with Crippen LogP contribution in [0.1, 0.15) is 29.1 Å². The molecular weight excluding hydrogens is 447 g/mol. The zero-order valence-corrected chi connectivity index (χ0v) is 18.4. The van der Waals surface area contributed by atoms with Gasteiger partial charge < -0.3 is 14.4 Å². The molecule has 2 N–H and O–H groups in total. The van der Waals surface area contributed by atoms with Crippen molar-refractivity contribution in [2.45, 2.75) is 25.6 Å². The largest absolute Gasteiger partial charge is 0.477 e. The maximum Gasteiger partial charge on any atom is 0.345 e. The van der Waals surface area contributed by atoms with Crippen molar-refractivity contribution in [2.24, 2.45) is 0 Å². The second-order valence-electron chi connectivity index (χ2n) is 6.78. The number of aromatic carboxylic acids is 1. The number of ether oxygens (including phenoxy) is 1. The van der Waals surface area contributed by atoms with Crippen LogP contribution < -0.4 is 9.61 Å². The summed E-state index contributed by atoms with van der Waals surface area (Å²) in [4.78, 5) is 23.1. The third kappa shape index (κ3) is 5.76. The van der Waals surface area contributed by atoms with Crippen molar-refractivity contribution in [3.05, 3.63) is 65.0 Å². The Labute approximate surface area is 182 Å². The number of carboxylic acids is 1. The van der Waals surface area contributed by atoms with Gasteiger partial charge in [-0.1, -0.05) is 24.3 Å². The van der Waals surface area contributed by atoms with E-state index in [-0.39, 0.29) is 22.3 Å². The fraction of sp³-hybridized carbons (Fsp3) is 0.238. The molecule has 31 heavy (non-hydrogen) atoms. The molecule has 2 aromatic carbocycles. The Bertz CT molecular complexity index is 1070. The molecule has 0 bridgehead atoms. The highest BCUT2D eigenvalue weighted by atomic mass is 32.1. The predicted molar refractivity (Wildman–Crippen MR) is 116 cm³/mol. The molecule has 3 rings (SSSR count). The van der Waals surface area contributed by atoms with Crippen molar-refractivity contribution in [2.75, 3.05) is 6.54 Å². The van der Waals surface area contributed by atoms with E-state index in [4.69, 9.17) is 14.4 Å². The van der Waals surface area contributed by atoms with Gasteiger partial charge in [-0.2, -0.15) is 8.78 Å². The minimum atomic E-state index is -3.48. The lowest BCUT2D eigenvalue weighted by molar-refractivity contribution is -0.145. The summed E-state index contributed by atoms with van der Waals surface area (Å²) in [7, 11) is -2.67. The zero-order chi connectivity index (χ0) is 22.6. The molecule has 0 radical (unpaired) electrons. The number of benzene rings is 2. The van der Waals surface area contributed by atoms with E-state index in [0.29, 0.717) is 10.1 Å². The first kappa shape index (κ1) is 23.1. The highest BCUT2D eigenvalue weighted by Crippen LogP contribution is 2.56. The molecule has 0 saturated heterocycles. The first-order valence-corrected chi connectivity index (χ1v) is 11.4. The Hall–Kier alpha value is -2.61. The molecular formula is C21H20F2NO5PS. The van der Waals surface area contributed by atoms with Crippen LogP contribution in [0.3, 0.4) is 0 Å². The van der Waals surface area contributed by atoms with E-state index >= 15 is 8.78 Å². The molecule has 1 unspecified atom stereocenters. The normalized spacial score (nSPS) is 12.7. The minimum absolute atomic E-state index is 0.0628. The smallest absolute Gasteiger partial charge is 0.345 e. The highest BCUT2D eigenvalue weighted by Gasteiger charge is 2.45. The molecule has 0 aliphatic carbocycles. The molecule has 164 valence electrons. The number of hydrogen-bond acceptors (Lipinski definition) is 6. The Balaban J connectivity index is 1.90. The Morgan fingerprint density at radius 1 is 1.16 bits per heavy atom. The number of halogens is 2. The van der Waals surface area contributed by atoms with Crippen molar-refractivity contribution < 1.29 is 32.7 Å². The van der Waals surface area contributed by atoms with Crippen molar-refractivity contribution >= 4 is 41.7 Å². The molecule has 1 heterocycles. The second kappa shape index (κ2) is 9.68. The number of carbonyl (C=O) groups is 2. The lowest BCUT2D eigenvalue weighted by Gasteiger charge is -2.27. The third-order valence-corrected chi connectivity index (χ3v) is 6.71. The quantitative estimate of drug-likeness (QED) is 0.316. The number of carbonyl (C=O) groups excluding carboxylic acids is 1. The monoisotopic (exact) mass is 467 g/mol. The summed E-state index contributed by atoms with van der Waals surface area (Å²) in [6, 6.07) is 13.4. The first-order chi connectivity index (χ1) is 14.7. The summed E-state index contributed by atoms with van der Waals surface area (Å²) in [6.45, 7) is 2.88. The average molecular weight is 467 g/mol. The van der Waals surface area contributed by atoms with Crippen LogP contribution in [0.4, 0.5) is 8.78 Å². The lowest BCUT2D eigenvalue weighted by atomic mass is 10.1. The zero-order valence-electron chi connectivity index (χ0n) is 16.7. The van der Waals surface area contributed by atoms with Gasteiger partial charge in [-0.15, -0.1) is 11.3 Å². The van der Waals surface area contributed by atoms with Gasteiger partial charge in [0, 0.05) is 10.3 Å². The number of para-hydroxylation sites is 1. The lowest BCUT2D eigenvalue weighted by Crippen LogP contribution is -2.30. The van der Waals surface area contributed by atoms with Gasteiger partial charge in [-0.05, 0) is 49.6 Å². The maximum atomic E-state index is 15.5. The summed E-state index contributed by atoms with van der Waals surface area (Å²) < 4.78 is 42.1. The van der Waals surface area contributed by atoms with Gasteiger partial charge in [-0.25, -0.2) is 9.88 Å². The van der Waals surface area contributed by atoms with Crippen LogP contribution in [0, 0.1) is 0 Å². The van der Waals surface area contributed by atoms with Crippen LogP contribution in [0.2, 0.25) is 0 Å². The van der Waals surface area contributed by atoms with Crippen LogP contribution in [0.15, 0.2) is 54.6 Å². The van der Waals surface area contributed by atoms with E-state index in [1.807, 2.05) is 0 Å². The molecule has 1 aromatic heterocycles. The molecule has 10 heteroatoms. The van der Waals surface area contributed by atoms with Gasteiger partial charge in [0.15, 0.2) is 0 Å². The summed E-state index contributed by atoms with van der Waals surface area (Å²) in [5.74, 6) is -1.56. The summed E-state index contributed by atoms with van der Waals surface area (Å²) in [6.07, 6.45) is -0.375. The van der Waals surface area contributed by atoms with Crippen LogP contribution in [0.25, 0.3) is 10.1 Å². The summed E-state index contributed by atoms with van der Waals surface area (Å²) >= 11 is 1.01. The topological polar surface area (TPSA) is 84.9 Å². The van der Waals surface area contributed by atoms with E-state index in [1.54, 1.807) is 44.2 Å². The van der Waals surface area contributed by atoms with Gasteiger partial charge in [0.25, 0.3) is 0 Å². The van der Waals surface area contributed by atoms with Gasteiger partial charge in [0.05, 0.1) is 6.10 Å². The molecule has 0 amide bonds. The predicted octanol–water partition coefficient (Wildman–Crippen LogP) is 5.58. The van der Waals surface area contributed by atoms with Crippen molar-refractivity contribution in [3.63, 3.8) is 0 Å². The summed E-state index contributed by atoms with van der Waals surface area (Å²) in [5.41, 5.74) is -3.83. The average Bonchev–Trinajstić information content (AvgIpc) is 3.15. The van der Waals surface area contributed by atoms with Crippen molar-refractivity contribution in [1.29, 1.82) is 0 Å². The van der Waals surface area contributed by atoms with E-state index in [2.05, 4.69) is 5.09 Å². The van der Waals surface area contributed by atoms with Gasteiger partial charge in [-0.3, -0.25) is 4.79 Å². The number of fused-ring (bicyclic) bond motifs is 1. The Morgan fingerprint density at radius 3 is 2.52 bits per heavy atom. The Kier molecular flexibility index (Phi) is 7.20. The van der Waals surface area contributed by atoms with Crippen LogP contribution in [-0.4, -0.2) is 29.7 Å². The number of alkyl halides is 2. The Morgan fingerprint density at radius 2 is 1.87 bits per heavy atom. The van der Waals surface area contributed by atoms with Gasteiger partial charge >= 0.3 is 17.6 Å². The molecule has 0 aliphatic rings. The highest BCUT2D eigenvalue weighted by molar-refractivity contribution is 7.51. The SMILES string of the molecule is CC(C)OC(=O)CNP(Oc1ccccc1)C(F)(F)c1ccc2sc(C(=O)O)cc2c1. The van der Waals surface area contributed by atoms with Crippen molar-refractivity contribution in [3.8, 4) is 5.75 Å². The number of carboxylic acid groups (broad SMARTS) is 1. The number of hydrogen-bond donors (Lipinski definition) is 2. The first-order valence-electron chi connectivity index (χ1n) is 9.28. The molecule has 0 fully saturated rings. The summed E-state index contributed by atoms with van der Waals surface area (Å²) in [5, 5.41) is 12.1. The molecule has 1 atom stereocenters. The molecule has 0 spiro atoms. The second-order valence-corrected chi connectivity index (χ2v) is 9.51. The molecule has 6 nitrogen and oxygen atoms in total. The van der Waals surface area contributed by atoms with Gasteiger partial charge in [0.2, 0.25) is 8.30 Å². The van der Waals surface area contributed by atoms with E-state index in [9.17, 15) is 9.59 Å². The fourth-order valence-electron chi connectivity index (χ4n) is 2.67. The molecule has 0 aliphatic heterocycles.